The Bertz CT molecular complexity index is 883. The highest BCUT2D eigenvalue weighted by atomic mass is 79.9. The Morgan fingerprint density at radius 3 is 2.72 bits per heavy atom. The molecule has 1 amide bonds. The van der Waals surface area contributed by atoms with Crippen LogP contribution < -0.4 is 4.90 Å². The van der Waals surface area contributed by atoms with E-state index >= 15 is 0 Å². The van der Waals surface area contributed by atoms with E-state index in [0.717, 1.165) is 6.42 Å². The number of carbonyl (C=O) groups is 2. The summed E-state index contributed by atoms with van der Waals surface area (Å²) in [5, 5.41) is 0.537. The number of esters is 1. The Labute approximate surface area is 177 Å². The number of pyridine rings is 1. The van der Waals surface area contributed by atoms with Gasteiger partial charge in [0.05, 0.1) is 24.7 Å². The Morgan fingerprint density at radius 2 is 2.03 bits per heavy atom. The molecule has 1 aliphatic rings. The average Bonchev–Trinajstić information content (AvgIpc) is 3.07. The van der Waals surface area contributed by atoms with Crippen LogP contribution >= 0.6 is 15.9 Å². The van der Waals surface area contributed by atoms with E-state index in [1.165, 1.54) is 4.90 Å². The van der Waals surface area contributed by atoms with Crippen LogP contribution in [0.15, 0.2) is 21.2 Å². The number of anilines is 1. The van der Waals surface area contributed by atoms with Crippen molar-refractivity contribution in [2.24, 2.45) is 0 Å². The lowest BCUT2D eigenvalue weighted by Gasteiger charge is -2.36. The minimum atomic E-state index is -0.648. The number of amides is 1. The quantitative estimate of drug-likeness (QED) is 0.567. The van der Waals surface area contributed by atoms with Gasteiger partial charge in [-0.15, -0.1) is 0 Å². The van der Waals surface area contributed by atoms with E-state index in [4.69, 9.17) is 18.6 Å². The molecule has 0 saturated carbocycles. The molecule has 2 aromatic rings. The SMILES string of the molecule is CCOC(=O)c1oc2ncc(Br)cc2c1N(C(=O)OCC)C1CCOC(CC)C1. The topological polar surface area (TPSA) is 91.1 Å². The van der Waals surface area contributed by atoms with Crippen LogP contribution in [0.2, 0.25) is 0 Å². The fourth-order valence-electron chi connectivity index (χ4n) is 3.51. The molecule has 1 aliphatic heterocycles. The Kier molecular flexibility index (Phi) is 7.13. The minimum Gasteiger partial charge on any atom is -0.460 e. The van der Waals surface area contributed by atoms with Crippen molar-refractivity contribution in [2.45, 2.75) is 52.2 Å². The highest BCUT2D eigenvalue weighted by molar-refractivity contribution is 9.10. The molecule has 3 rings (SSSR count). The average molecular weight is 469 g/mol. The molecule has 0 spiro atoms. The summed E-state index contributed by atoms with van der Waals surface area (Å²) in [6.07, 6.45) is 3.14. The van der Waals surface area contributed by atoms with Crippen LogP contribution in [-0.2, 0) is 14.2 Å². The first kappa shape index (κ1) is 21.6. The molecule has 1 saturated heterocycles. The molecule has 8 nitrogen and oxygen atoms in total. The van der Waals surface area contributed by atoms with E-state index in [9.17, 15) is 9.59 Å². The largest absolute Gasteiger partial charge is 0.460 e. The van der Waals surface area contributed by atoms with E-state index < -0.39 is 12.1 Å². The van der Waals surface area contributed by atoms with Crippen LogP contribution in [-0.4, -0.2) is 49.0 Å². The zero-order valence-electron chi connectivity index (χ0n) is 16.8. The molecule has 29 heavy (non-hydrogen) atoms. The number of nitrogens with zero attached hydrogens (tertiary/aromatic N) is 2. The maximum Gasteiger partial charge on any atom is 0.414 e. The zero-order chi connectivity index (χ0) is 21.0. The van der Waals surface area contributed by atoms with Gasteiger partial charge in [0.25, 0.3) is 0 Å². The van der Waals surface area contributed by atoms with Crippen molar-refractivity contribution in [3.8, 4) is 0 Å². The van der Waals surface area contributed by atoms with Crippen molar-refractivity contribution in [3.05, 3.63) is 22.5 Å². The van der Waals surface area contributed by atoms with Crippen LogP contribution in [0.25, 0.3) is 11.1 Å². The number of ether oxygens (including phenoxy) is 3. The molecule has 0 aromatic carbocycles. The van der Waals surface area contributed by atoms with Crippen LogP contribution in [0.1, 0.15) is 50.6 Å². The normalized spacial score (nSPS) is 19.2. The fraction of sp³-hybridized carbons (Fsp3) is 0.550. The third kappa shape index (κ3) is 4.56. The van der Waals surface area contributed by atoms with Gasteiger partial charge in [-0.25, -0.2) is 14.6 Å². The Hall–Kier alpha value is -2.13. The molecule has 1 fully saturated rings. The first-order chi connectivity index (χ1) is 14.0. The number of rotatable bonds is 6. The van der Waals surface area contributed by atoms with E-state index in [1.807, 2.05) is 6.92 Å². The van der Waals surface area contributed by atoms with E-state index in [1.54, 1.807) is 26.1 Å². The van der Waals surface area contributed by atoms with Gasteiger partial charge in [0, 0.05) is 23.3 Å². The predicted octanol–water partition coefficient (Wildman–Crippen LogP) is 4.69. The summed E-state index contributed by atoms with van der Waals surface area (Å²) in [5.41, 5.74) is 0.576. The fourth-order valence-corrected chi connectivity index (χ4v) is 3.85. The highest BCUT2D eigenvalue weighted by Gasteiger charge is 2.37. The van der Waals surface area contributed by atoms with Gasteiger partial charge in [-0.2, -0.15) is 0 Å². The number of aromatic nitrogens is 1. The standard InChI is InChI=1S/C20H25BrN2O6/c1-4-14-10-13(7-8-28-14)23(20(25)27-6-3)16-15-9-12(21)11-22-18(15)29-17(16)19(24)26-5-2/h9,11,13-14H,4-8,10H2,1-3H3. The van der Waals surface area contributed by atoms with E-state index in [2.05, 4.69) is 20.9 Å². The molecule has 0 N–H and O–H groups in total. The van der Waals surface area contributed by atoms with Crippen LogP contribution in [0.3, 0.4) is 0 Å². The summed E-state index contributed by atoms with van der Waals surface area (Å²) < 4.78 is 22.7. The Balaban J connectivity index is 2.17. The second-order valence-corrected chi connectivity index (χ2v) is 7.57. The van der Waals surface area contributed by atoms with Crippen molar-refractivity contribution in [2.75, 3.05) is 24.7 Å². The summed E-state index contributed by atoms with van der Waals surface area (Å²) in [4.78, 5) is 31.4. The number of fused-ring (bicyclic) bond motifs is 1. The van der Waals surface area contributed by atoms with Gasteiger partial charge in [0.15, 0.2) is 0 Å². The van der Waals surface area contributed by atoms with Crippen molar-refractivity contribution >= 4 is 44.8 Å². The third-order valence-electron chi connectivity index (χ3n) is 4.81. The first-order valence-corrected chi connectivity index (χ1v) is 10.6. The smallest absolute Gasteiger partial charge is 0.414 e. The van der Waals surface area contributed by atoms with Crippen LogP contribution in [0, 0.1) is 0 Å². The second kappa shape index (κ2) is 9.58. The van der Waals surface area contributed by atoms with Crippen molar-refractivity contribution in [3.63, 3.8) is 0 Å². The lowest BCUT2D eigenvalue weighted by Crippen LogP contribution is -2.46. The van der Waals surface area contributed by atoms with Gasteiger partial charge in [-0.1, -0.05) is 6.92 Å². The number of carbonyl (C=O) groups excluding carboxylic acids is 2. The molecule has 2 aromatic heterocycles. The molecule has 2 unspecified atom stereocenters. The summed E-state index contributed by atoms with van der Waals surface area (Å²) in [5.74, 6) is -0.704. The molecule has 3 heterocycles. The molecule has 158 valence electrons. The van der Waals surface area contributed by atoms with Crippen molar-refractivity contribution in [1.29, 1.82) is 0 Å². The molecule has 9 heteroatoms. The Morgan fingerprint density at radius 1 is 1.28 bits per heavy atom. The molecular weight excluding hydrogens is 444 g/mol. The lowest BCUT2D eigenvalue weighted by molar-refractivity contribution is 0.00465. The summed E-state index contributed by atoms with van der Waals surface area (Å²) in [6, 6.07) is 1.56. The number of halogens is 1. The van der Waals surface area contributed by atoms with Crippen LogP contribution in [0.4, 0.5) is 10.5 Å². The van der Waals surface area contributed by atoms with Gasteiger partial charge < -0.3 is 18.6 Å². The van der Waals surface area contributed by atoms with Gasteiger partial charge in [-0.3, -0.25) is 4.90 Å². The van der Waals surface area contributed by atoms with E-state index in [-0.39, 0.29) is 36.8 Å². The van der Waals surface area contributed by atoms with Crippen molar-refractivity contribution in [1.82, 2.24) is 4.98 Å². The molecule has 0 radical (unpaired) electrons. The van der Waals surface area contributed by atoms with Gasteiger partial charge in [0.2, 0.25) is 11.5 Å². The number of hydrogen-bond donors (Lipinski definition) is 0. The van der Waals surface area contributed by atoms with Crippen molar-refractivity contribution < 1.29 is 28.2 Å². The number of hydrogen-bond acceptors (Lipinski definition) is 7. The number of furan rings is 1. The molecule has 0 bridgehead atoms. The summed E-state index contributed by atoms with van der Waals surface area (Å²) in [6.45, 7) is 6.41. The summed E-state index contributed by atoms with van der Waals surface area (Å²) >= 11 is 3.40. The van der Waals surface area contributed by atoms with E-state index in [0.29, 0.717) is 35.0 Å². The van der Waals surface area contributed by atoms with Gasteiger partial charge >= 0.3 is 12.1 Å². The summed E-state index contributed by atoms with van der Waals surface area (Å²) in [7, 11) is 0. The zero-order valence-corrected chi connectivity index (χ0v) is 18.4. The maximum absolute atomic E-state index is 13.0. The minimum absolute atomic E-state index is 0.0275. The third-order valence-corrected chi connectivity index (χ3v) is 5.25. The van der Waals surface area contributed by atoms with Gasteiger partial charge in [0.1, 0.15) is 5.69 Å². The first-order valence-electron chi connectivity index (χ1n) is 9.82. The molecule has 2 atom stereocenters. The monoisotopic (exact) mass is 468 g/mol. The van der Waals surface area contributed by atoms with Crippen LogP contribution in [0.5, 0.6) is 0 Å². The van der Waals surface area contributed by atoms with Gasteiger partial charge in [-0.05, 0) is 55.1 Å². The second-order valence-electron chi connectivity index (χ2n) is 6.65. The molecule has 0 aliphatic carbocycles. The highest BCUT2D eigenvalue weighted by Crippen LogP contribution is 2.38. The lowest BCUT2D eigenvalue weighted by atomic mass is 9.99. The predicted molar refractivity (Wildman–Crippen MR) is 110 cm³/mol. The molecular formula is C20H25BrN2O6. The maximum atomic E-state index is 13.0.